The molecule has 0 spiro atoms. The van der Waals surface area contributed by atoms with Crippen LogP contribution in [0.2, 0.25) is 0 Å². The molecule has 5 heteroatoms. The molecular formula is C51H101NO4. The standard InChI is InChI=1S/C51H101NO4/c1-3-5-7-9-11-13-14-15-16-17-18-19-20-21-22-23-24-25-26-27-28-29-30-31-32-33-34-35-36-38-40-42-44-46-50(55)52-48(47-53)51(56)49(54)45-43-41-39-37-12-10-8-6-4-2/h37,39,48-49,51,53-54,56H,3-36,38,40-47H2,1-2H3,(H,52,55)/b39-37+. The molecule has 4 N–H and O–H groups in total. The summed E-state index contributed by atoms with van der Waals surface area (Å²) >= 11 is 0. The minimum atomic E-state index is -1.15. The molecule has 0 heterocycles. The van der Waals surface area contributed by atoms with Gasteiger partial charge in [-0.3, -0.25) is 4.79 Å². The van der Waals surface area contributed by atoms with Gasteiger partial charge in [-0.25, -0.2) is 0 Å². The van der Waals surface area contributed by atoms with Crippen LogP contribution in [0.4, 0.5) is 0 Å². The van der Waals surface area contributed by atoms with Gasteiger partial charge in [0.15, 0.2) is 0 Å². The third-order valence-corrected chi connectivity index (χ3v) is 12.1. The molecule has 0 saturated heterocycles. The smallest absolute Gasteiger partial charge is 0.220 e. The fraction of sp³-hybridized carbons (Fsp3) is 0.941. The number of aliphatic hydroxyl groups is 3. The number of hydrogen-bond donors (Lipinski definition) is 4. The molecule has 0 aliphatic rings. The fourth-order valence-electron chi connectivity index (χ4n) is 8.17. The van der Waals surface area contributed by atoms with Crippen molar-refractivity contribution < 1.29 is 20.1 Å². The number of allylic oxidation sites excluding steroid dienone is 2. The van der Waals surface area contributed by atoms with E-state index < -0.39 is 18.2 Å². The molecule has 0 aromatic carbocycles. The van der Waals surface area contributed by atoms with Crippen molar-refractivity contribution in [3.05, 3.63) is 12.2 Å². The summed E-state index contributed by atoms with van der Waals surface area (Å²) in [6.45, 7) is 4.14. The molecular weight excluding hydrogens is 691 g/mol. The van der Waals surface area contributed by atoms with Gasteiger partial charge in [-0.2, -0.15) is 0 Å². The van der Waals surface area contributed by atoms with Crippen LogP contribution < -0.4 is 5.32 Å². The molecule has 0 aliphatic carbocycles. The lowest BCUT2D eigenvalue weighted by atomic mass is 10.0. The summed E-state index contributed by atoms with van der Waals surface area (Å²) in [6.07, 6.45) is 56.7. The molecule has 0 rings (SSSR count). The summed E-state index contributed by atoms with van der Waals surface area (Å²) in [6, 6.07) is -0.820. The Morgan fingerprint density at radius 2 is 0.714 bits per heavy atom. The zero-order valence-corrected chi connectivity index (χ0v) is 38.0. The van der Waals surface area contributed by atoms with Gasteiger partial charge in [-0.05, 0) is 38.5 Å². The molecule has 3 unspecified atom stereocenters. The summed E-state index contributed by atoms with van der Waals surface area (Å²) in [5.41, 5.74) is 0. The number of amides is 1. The van der Waals surface area contributed by atoms with Crippen LogP contribution in [0.3, 0.4) is 0 Å². The number of nitrogens with one attached hydrogen (secondary N) is 1. The molecule has 56 heavy (non-hydrogen) atoms. The first-order chi connectivity index (χ1) is 27.6. The van der Waals surface area contributed by atoms with E-state index in [1.165, 1.54) is 218 Å². The highest BCUT2D eigenvalue weighted by atomic mass is 16.3. The van der Waals surface area contributed by atoms with Crippen molar-refractivity contribution in [2.75, 3.05) is 6.61 Å². The zero-order chi connectivity index (χ0) is 40.8. The van der Waals surface area contributed by atoms with Gasteiger partial charge in [0.05, 0.1) is 18.8 Å². The van der Waals surface area contributed by atoms with E-state index in [-0.39, 0.29) is 12.5 Å². The highest BCUT2D eigenvalue weighted by molar-refractivity contribution is 5.76. The minimum absolute atomic E-state index is 0.151. The monoisotopic (exact) mass is 792 g/mol. The van der Waals surface area contributed by atoms with Gasteiger partial charge in [-0.15, -0.1) is 0 Å². The molecule has 0 aromatic heterocycles. The molecule has 334 valence electrons. The Morgan fingerprint density at radius 3 is 1.04 bits per heavy atom. The van der Waals surface area contributed by atoms with Crippen LogP contribution in [-0.2, 0) is 4.79 Å². The highest BCUT2D eigenvalue weighted by Gasteiger charge is 2.26. The average molecular weight is 792 g/mol. The van der Waals surface area contributed by atoms with Crippen molar-refractivity contribution in [1.82, 2.24) is 5.32 Å². The number of aliphatic hydroxyl groups excluding tert-OH is 3. The molecule has 1 amide bonds. The normalized spacial score (nSPS) is 13.4. The Bertz CT molecular complexity index is 788. The first-order valence-corrected chi connectivity index (χ1v) is 25.5. The van der Waals surface area contributed by atoms with E-state index in [1.54, 1.807) is 0 Å². The minimum Gasteiger partial charge on any atom is -0.394 e. The highest BCUT2D eigenvalue weighted by Crippen LogP contribution is 2.18. The summed E-state index contributed by atoms with van der Waals surface area (Å²) in [7, 11) is 0. The van der Waals surface area contributed by atoms with Crippen LogP contribution in [0.25, 0.3) is 0 Å². The molecule has 0 saturated carbocycles. The van der Waals surface area contributed by atoms with E-state index in [1.807, 2.05) is 0 Å². The summed E-state index contributed by atoms with van der Waals surface area (Å²) in [4.78, 5) is 12.4. The largest absolute Gasteiger partial charge is 0.394 e. The summed E-state index contributed by atoms with van der Waals surface area (Å²) < 4.78 is 0. The van der Waals surface area contributed by atoms with Gasteiger partial charge in [0.25, 0.3) is 0 Å². The SMILES string of the molecule is CCCCCC/C=C/CCCC(O)C(O)C(CO)NC(=O)CCCCCCCCCCCCCCCCCCCCCCCCCCCCCCCCCCC. The molecule has 0 aliphatic heterocycles. The number of hydrogen-bond acceptors (Lipinski definition) is 4. The first-order valence-electron chi connectivity index (χ1n) is 25.5. The number of unbranched alkanes of at least 4 members (excludes halogenated alkanes) is 37. The Labute approximate surface area is 350 Å². The molecule has 0 radical (unpaired) electrons. The predicted octanol–water partition coefficient (Wildman–Crippen LogP) is 15.2. The second kappa shape index (κ2) is 46.8. The number of carbonyl (C=O) groups excluding carboxylic acids is 1. The van der Waals surface area contributed by atoms with Gasteiger partial charge >= 0.3 is 0 Å². The molecule has 0 aromatic rings. The van der Waals surface area contributed by atoms with Gasteiger partial charge in [0, 0.05) is 6.42 Å². The Hall–Kier alpha value is -0.910. The van der Waals surface area contributed by atoms with Crippen molar-refractivity contribution >= 4 is 5.91 Å². The van der Waals surface area contributed by atoms with Crippen LogP contribution in [0.5, 0.6) is 0 Å². The zero-order valence-electron chi connectivity index (χ0n) is 38.0. The van der Waals surface area contributed by atoms with Crippen molar-refractivity contribution in [3.8, 4) is 0 Å². The lowest BCUT2D eigenvalue weighted by molar-refractivity contribution is -0.124. The van der Waals surface area contributed by atoms with E-state index in [0.29, 0.717) is 12.8 Å². The van der Waals surface area contributed by atoms with Crippen LogP contribution in [0.15, 0.2) is 12.2 Å². The lowest BCUT2D eigenvalue weighted by Gasteiger charge is -2.26. The topological polar surface area (TPSA) is 89.8 Å². The van der Waals surface area contributed by atoms with Crippen molar-refractivity contribution in [3.63, 3.8) is 0 Å². The second-order valence-corrected chi connectivity index (χ2v) is 17.7. The second-order valence-electron chi connectivity index (χ2n) is 17.7. The van der Waals surface area contributed by atoms with Gasteiger partial charge in [0.1, 0.15) is 6.10 Å². The van der Waals surface area contributed by atoms with Crippen LogP contribution in [0.1, 0.15) is 284 Å². The third kappa shape index (κ3) is 41.3. The van der Waals surface area contributed by atoms with E-state index in [4.69, 9.17) is 0 Å². The predicted molar refractivity (Wildman–Crippen MR) is 245 cm³/mol. The van der Waals surface area contributed by atoms with Gasteiger partial charge in [0.2, 0.25) is 5.91 Å². The van der Waals surface area contributed by atoms with Crippen molar-refractivity contribution in [1.29, 1.82) is 0 Å². The molecule has 0 bridgehead atoms. The van der Waals surface area contributed by atoms with Crippen molar-refractivity contribution in [2.24, 2.45) is 0 Å². The van der Waals surface area contributed by atoms with E-state index in [0.717, 1.165) is 38.5 Å². The average Bonchev–Trinajstić information content (AvgIpc) is 3.20. The molecule has 0 fully saturated rings. The van der Waals surface area contributed by atoms with E-state index >= 15 is 0 Å². The Balaban J connectivity index is 3.40. The quantitative estimate of drug-likeness (QED) is 0.0365. The maximum atomic E-state index is 12.4. The number of carbonyl (C=O) groups is 1. The first kappa shape index (κ1) is 55.1. The number of rotatable bonds is 47. The Kier molecular flexibility index (Phi) is 46.0. The lowest BCUT2D eigenvalue weighted by Crippen LogP contribution is -2.50. The van der Waals surface area contributed by atoms with E-state index in [2.05, 4.69) is 31.3 Å². The van der Waals surface area contributed by atoms with Gasteiger partial charge < -0.3 is 20.6 Å². The molecule has 3 atom stereocenters. The summed E-state index contributed by atoms with van der Waals surface area (Å²) in [5.74, 6) is -0.151. The third-order valence-electron chi connectivity index (χ3n) is 12.1. The van der Waals surface area contributed by atoms with Crippen molar-refractivity contribution in [2.45, 2.75) is 302 Å². The molecule has 5 nitrogen and oxygen atoms in total. The maximum absolute atomic E-state index is 12.4. The van der Waals surface area contributed by atoms with E-state index in [9.17, 15) is 20.1 Å². The van der Waals surface area contributed by atoms with Gasteiger partial charge in [-0.1, -0.05) is 251 Å². The maximum Gasteiger partial charge on any atom is 0.220 e. The van der Waals surface area contributed by atoms with Crippen LogP contribution in [-0.4, -0.2) is 46.1 Å². The summed E-state index contributed by atoms with van der Waals surface area (Å²) in [5, 5.41) is 33.4. The fourth-order valence-corrected chi connectivity index (χ4v) is 8.17. The van der Waals surface area contributed by atoms with Crippen LogP contribution >= 0.6 is 0 Å². The van der Waals surface area contributed by atoms with Crippen LogP contribution in [0, 0.1) is 0 Å². The Morgan fingerprint density at radius 1 is 0.429 bits per heavy atom.